The van der Waals surface area contributed by atoms with Crippen LogP contribution in [-0.4, -0.2) is 22.4 Å². The van der Waals surface area contributed by atoms with Gasteiger partial charge < -0.3 is 0 Å². The lowest BCUT2D eigenvalue weighted by Gasteiger charge is -2.11. The molecular formula is C14H12BrF2N3OS. The fourth-order valence-electron chi connectivity index (χ4n) is 2.13. The Bertz CT molecular complexity index is 641. The number of rotatable bonds is 6. The smallest absolute Gasteiger partial charge is 0.168 e. The summed E-state index contributed by atoms with van der Waals surface area (Å²) < 4.78 is 27.1. The van der Waals surface area contributed by atoms with Crippen molar-refractivity contribution in [2.45, 2.75) is 23.7 Å². The molecule has 1 aromatic carbocycles. The quantitative estimate of drug-likeness (QED) is 0.226. The monoisotopic (exact) mass is 387 g/mol. The van der Waals surface area contributed by atoms with Crippen LogP contribution in [0.25, 0.3) is 10.4 Å². The van der Waals surface area contributed by atoms with Gasteiger partial charge in [0.25, 0.3) is 0 Å². The van der Waals surface area contributed by atoms with Crippen molar-refractivity contribution in [1.82, 2.24) is 0 Å². The summed E-state index contributed by atoms with van der Waals surface area (Å²) in [4.78, 5) is 15.9. The van der Waals surface area contributed by atoms with Gasteiger partial charge in [-0.2, -0.15) is 0 Å². The Morgan fingerprint density at radius 1 is 1.50 bits per heavy atom. The van der Waals surface area contributed by atoms with Crippen LogP contribution >= 0.6 is 27.7 Å². The van der Waals surface area contributed by atoms with Gasteiger partial charge in [0, 0.05) is 21.9 Å². The molecule has 0 spiro atoms. The molecule has 2 atom stereocenters. The van der Waals surface area contributed by atoms with Crippen LogP contribution in [0.15, 0.2) is 34.3 Å². The number of thioether (sulfide) groups is 1. The highest BCUT2D eigenvalue weighted by Gasteiger charge is 2.23. The molecule has 0 bridgehead atoms. The highest BCUT2D eigenvalue weighted by Crippen LogP contribution is 2.34. The van der Waals surface area contributed by atoms with E-state index in [1.54, 1.807) is 11.8 Å². The number of alkyl halides is 1. The zero-order valence-corrected chi connectivity index (χ0v) is 13.8. The lowest BCUT2D eigenvalue weighted by Crippen LogP contribution is -2.11. The predicted molar refractivity (Wildman–Crippen MR) is 86.1 cm³/mol. The second kappa shape index (κ2) is 7.76. The third-order valence-electron chi connectivity index (χ3n) is 3.16. The van der Waals surface area contributed by atoms with Gasteiger partial charge in [0.2, 0.25) is 0 Å². The number of halogens is 3. The van der Waals surface area contributed by atoms with E-state index < -0.39 is 29.0 Å². The number of allylic oxidation sites excluding steroid dienone is 1. The predicted octanol–water partition coefficient (Wildman–Crippen LogP) is 5.00. The fourth-order valence-corrected chi connectivity index (χ4v) is 4.06. The number of azide groups is 1. The standard InChI is InChI=1S/C14H12BrF2N3OS/c15-8-6-13(22-7-8)11(19-20-18)4-5-12(21)14-9(16)2-1-3-10(14)17/h1-3,6,8,11H,4-5,7H2. The fraction of sp³-hybridized carbons (Fsp3) is 0.357. The Hall–Kier alpha value is -1.37. The van der Waals surface area contributed by atoms with Crippen LogP contribution in [0.4, 0.5) is 8.78 Å². The van der Waals surface area contributed by atoms with Gasteiger partial charge >= 0.3 is 0 Å². The first kappa shape index (κ1) is 17.0. The van der Waals surface area contributed by atoms with Crippen LogP contribution in [0, 0.1) is 11.6 Å². The zero-order chi connectivity index (χ0) is 16.1. The third kappa shape index (κ3) is 4.09. The zero-order valence-electron chi connectivity index (χ0n) is 11.4. The summed E-state index contributed by atoms with van der Waals surface area (Å²) in [5.41, 5.74) is 8.10. The van der Waals surface area contributed by atoms with Crippen LogP contribution in [-0.2, 0) is 0 Å². The van der Waals surface area contributed by atoms with Crippen LogP contribution in [0.5, 0.6) is 0 Å². The van der Waals surface area contributed by atoms with E-state index in [0.29, 0.717) is 0 Å². The summed E-state index contributed by atoms with van der Waals surface area (Å²) in [6.07, 6.45) is 2.06. The molecule has 0 amide bonds. The Morgan fingerprint density at radius 2 is 2.18 bits per heavy atom. The summed E-state index contributed by atoms with van der Waals surface area (Å²) in [6.45, 7) is 0. The van der Waals surface area contributed by atoms with Gasteiger partial charge in [-0.25, -0.2) is 8.78 Å². The second-order valence-electron chi connectivity index (χ2n) is 4.68. The number of Topliss-reactive ketones (excluding diaryl/α,β-unsaturated/α-hetero) is 1. The molecule has 1 heterocycles. The van der Waals surface area contributed by atoms with E-state index in [0.717, 1.165) is 22.8 Å². The maximum Gasteiger partial charge on any atom is 0.168 e. The van der Waals surface area contributed by atoms with Crippen molar-refractivity contribution in [3.63, 3.8) is 0 Å². The molecule has 0 aromatic heterocycles. The van der Waals surface area contributed by atoms with Gasteiger partial charge in [-0.3, -0.25) is 4.79 Å². The van der Waals surface area contributed by atoms with Crippen molar-refractivity contribution < 1.29 is 13.6 Å². The summed E-state index contributed by atoms with van der Waals surface area (Å²) in [5.74, 6) is -1.56. The number of hydrogen-bond acceptors (Lipinski definition) is 3. The first-order valence-electron chi connectivity index (χ1n) is 6.53. The number of carbonyl (C=O) groups is 1. The molecule has 0 N–H and O–H groups in total. The SMILES string of the molecule is [N-]=[N+]=NC(CCC(=O)c1c(F)cccc1F)C1=CC(Br)CS1. The largest absolute Gasteiger partial charge is 0.294 e. The Kier molecular flexibility index (Phi) is 5.99. The van der Waals surface area contributed by atoms with Gasteiger partial charge in [0.15, 0.2) is 5.78 Å². The van der Waals surface area contributed by atoms with E-state index in [1.807, 2.05) is 6.08 Å². The number of benzene rings is 1. The van der Waals surface area contributed by atoms with Crippen LogP contribution < -0.4 is 0 Å². The van der Waals surface area contributed by atoms with Gasteiger partial charge in [0.05, 0.1) is 11.6 Å². The van der Waals surface area contributed by atoms with Gasteiger partial charge in [-0.1, -0.05) is 33.2 Å². The number of nitrogens with zero attached hydrogens (tertiary/aromatic N) is 3. The van der Waals surface area contributed by atoms with Crippen molar-refractivity contribution in [3.05, 3.63) is 56.8 Å². The Morgan fingerprint density at radius 3 is 2.73 bits per heavy atom. The van der Waals surface area contributed by atoms with E-state index in [1.165, 1.54) is 6.07 Å². The number of carbonyl (C=O) groups excluding carboxylic acids is 1. The Labute approximate surface area is 138 Å². The molecule has 0 aliphatic carbocycles. The first-order chi connectivity index (χ1) is 10.5. The molecule has 0 radical (unpaired) electrons. The van der Waals surface area contributed by atoms with Crippen molar-refractivity contribution in [2.75, 3.05) is 5.75 Å². The number of ketones is 1. The Balaban J connectivity index is 2.08. The van der Waals surface area contributed by atoms with E-state index in [-0.39, 0.29) is 17.7 Å². The van der Waals surface area contributed by atoms with E-state index in [4.69, 9.17) is 5.53 Å². The molecule has 0 saturated carbocycles. The summed E-state index contributed by atoms with van der Waals surface area (Å²) in [7, 11) is 0. The molecule has 0 fully saturated rings. The molecule has 1 aliphatic rings. The summed E-state index contributed by atoms with van der Waals surface area (Å²) >= 11 is 4.98. The van der Waals surface area contributed by atoms with Crippen LogP contribution in [0.3, 0.4) is 0 Å². The third-order valence-corrected chi connectivity index (χ3v) is 5.44. The van der Waals surface area contributed by atoms with Crippen molar-refractivity contribution >= 4 is 33.5 Å². The maximum absolute atomic E-state index is 13.6. The minimum atomic E-state index is -0.875. The topological polar surface area (TPSA) is 65.8 Å². The first-order valence-corrected chi connectivity index (χ1v) is 8.43. The van der Waals surface area contributed by atoms with Crippen molar-refractivity contribution in [3.8, 4) is 0 Å². The molecule has 1 aromatic rings. The normalized spacial score (nSPS) is 18.5. The van der Waals surface area contributed by atoms with Gasteiger partial charge in [-0.05, 0) is 29.0 Å². The molecule has 2 unspecified atom stereocenters. The molecule has 0 saturated heterocycles. The van der Waals surface area contributed by atoms with E-state index >= 15 is 0 Å². The highest BCUT2D eigenvalue weighted by molar-refractivity contribution is 9.09. The molecule has 116 valence electrons. The average molecular weight is 388 g/mol. The molecule has 22 heavy (non-hydrogen) atoms. The summed E-state index contributed by atoms with van der Waals surface area (Å²) in [6, 6.07) is 2.81. The molecule has 1 aliphatic heterocycles. The van der Waals surface area contributed by atoms with Crippen molar-refractivity contribution in [2.24, 2.45) is 5.11 Å². The van der Waals surface area contributed by atoms with Gasteiger partial charge in [0.1, 0.15) is 11.6 Å². The summed E-state index contributed by atoms with van der Waals surface area (Å²) in [5, 5.41) is 3.68. The highest BCUT2D eigenvalue weighted by atomic mass is 79.9. The molecule has 2 rings (SSSR count). The molecular weight excluding hydrogens is 376 g/mol. The van der Waals surface area contributed by atoms with Gasteiger partial charge in [-0.15, -0.1) is 11.8 Å². The lowest BCUT2D eigenvalue weighted by atomic mass is 10.0. The van der Waals surface area contributed by atoms with Crippen molar-refractivity contribution in [1.29, 1.82) is 0 Å². The molecule has 4 nitrogen and oxygen atoms in total. The lowest BCUT2D eigenvalue weighted by molar-refractivity contribution is 0.0970. The maximum atomic E-state index is 13.6. The second-order valence-corrected chi connectivity index (χ2v) is 6.94. The molecule has 8 heteroatoms. The van der Waals surface area contributed by atoms with E-state index in [2.05, 4.69) is 26.0 Å². The average Bonchev–Trinajstić information content (AvgIpc) is 2.89. The number of hydrogen-bond donors (Lipinski definition) is 0. The van der Waals surface area contributed by atoms with Crippen LogP contribution in [0.1, 0.15) is 23.2 Å². The minimum absolute atomic E-state index is 0.0909. The van der Waals surface area contributed by atoms with Crippen LogP contribution in [0.2, 0.25) is 0 Å². The minimum Gasteiger partial charge on any atom is -0.294 e. The van der Waals surface area contributed by atoms with E-state index in [9.17, 15) is 13.6 Å².